The predicted molar refractivity (Wildman–Crippen MR) is 119 cm³/mol. The molecule has 0 saturated carbocycles. The average Bonchev–Trinajstić information content (AvgIpc) is 2.76. The second kappa shape index (κ2) is 9.83. The predicted octanol–water partition coefficient (Wildman–Crippen LogP) is 5.54. The third kappa shape index (κ3) is 5.11. The zero-order valence-electron chi connectivity index (χ0n) is 17.8. The maximum Gasteiger partial charge on any atom is 0.255 e. The van der Waals surface area contributed by atoms with Gasteiger partial charge in [-0.05, 0) is 74.4 Å². The summed E-state index contributed by atoms with van der Waals surface area (Å²) in [6.45, 7) is 6.76. The molecule has 0 aliphatic rings. The molecule has 0 heterocycles. The van der Waals surface area contributed by atoms with Crippen LogP contribution in [0.25, 0.3) is 0 Å². The maximum absolute atomic E-state index is 12.8. The largest absolute Gasteiger partial charge is 0.493 e. The van der Waals surface area contributed by atoms with Gasteiger partial charge in [0.15, 0.2) is 11.5 Å². The van der Waals surface area contributed by atoms with Crippen molar-refractivity contribution >= 4 is 11.6 Å². The fourth-order valence-corrected chi connectivity index (χ4v) is 3.05. The van der Waals surface area contributed by atoms with E-state index in [1.54, 1.807) is 25.3 Å². The number of amides is 1. The van der Waals surface area contributed by atoms with E-state index in [1.807, 2.05) is 63.2 Å². The van der Waals surface area contributed by atoms with E-state index in [2.05, 4.69) is 5.32 Å². The lowest BCUT2D eigenvalue weighted by atomic mass is 10.1. The molecule has 0 aliphatic heterocycles. The highest BCUT2D eigenvalue weighted by molar-refractivity contribution is 6.04. The first-order chi connectivity index (χ1) is 14.5. The summed E-state index contributed by atoms with van der Waals surface area (Å²) in [5.74, 6) is 1.79. The second-order valence-electron chi connectivity index (χ2n) is 6.95. The topological polar surface area (TPSA) is 56.8 Å². The third-order valence-corrected chi connectivity index (χ3v) is 4.84. The SMILES string of the molecule is CCOc1ccc(C(=O)Nc2ccc(C)c(C)c2)cc1COc1ccccc1OC. The minimum absolute atomic E-state index is 0.181. The summed E-state index contributed by atoms with van der Waals surface area (Å²) in [7, 11) is 1.60. The number of nitrogens with one attached hydrogen (secondary N) is 1. The van der Waals surface area contributed by atoms with E-state index >= 15 is 0 Å². The Morgan fingerprint density at radius 2 is 1.63 bits per heavy atom. The lowest BCUT2D eigenvalue weighted by Crippen LogP contribution is -2.13. The van der Waals surface area contributed by atoms with E-state index in [9.17, 15) is 4.79 Å². The van der Waals surface area contributed by atoms with Crippen LogP contribution in [0.3, 0.4) is 0 Å². The summed E-state index contributed by atoms with van der Waals surface area (Å²) in [5.41, 5.74) is 4.41. The minimum atomic E-state index is -0.181. The minimum Gasteiger partial charge on any atom is -0.493 e. The van der Waals surface area contributed by atoms with E-state index in [-0.39, 0.29) is 12.5 Å². The molecule has 3 rings (SSSR count). The highest BCUT2D eigenvalue weighted by Gasteiger charge is 2.13. The van der Waals surface area contributed by atoms with Crippen molar-refractivity contribution in [2.45, 2.75) is 27.4 Å². The second-order valence-corrected chi connectivity index (χ2v) is 6.95. The molecule has 156 valence electrons. The Morgan fingerprint density at radius 1 is 0.867 bits per heavy atom. The Hall–Kier alpha value is -3.47. The van der Waals surface area contributed by atoms with Crippen LogP contribution in [-0.4, -0.2) is 19.6 Å². The van der Waals surface area contributed by atoms with Crippen LogP contribution in [-0.2, 0) is 6.61 Å². The number of ether oxygens (including phenoxy) is 3. The van der Waals surface area contributed by atoms with Gasteiger partial charge in [0.05, 0.1) is 13.7 Å². The number of aryl methyl sites for hydroxylation is 2. The Morgan fingerprint density at radius 3 is 2.33 bits per heavy atom. The number of hydrogen-bond donors (Lipinski definition) is 1. The molecule has 5 heteroatoms. The quantitative estimate of drug-likeness (QED) is 0.534. The molecule has 1 N–H and O–H groups in total. The summed E-state index contributed by atoms with van der Waals surface area (Å²) < 4.78 is 17.0. The van der Waals surface area contributed by atoms with Crippen LogP contribution >= 0.6 is 0 Å². The van der Waals surface area contributed by atoms with E-state index in [0.29, 0.717) is 29.4 Å². The van der Waals surface area contributed by atoms with Crippen molar-refractivity contribution < 1.29 is 19.0 Å². The number of rotatable bonds is 8. The summed E-state index contributed by atoms with van der Waals surface area (Å²) in [5, 5.41) is 2.96. The van der Waals surface area contributed by atoms with Gasteiger partial charge in [-0.3, -0.25) is 4.79 Å². The fourth-order valence-electron chi connectivity index (χ4n) is 3.05. The number of methoxy groups -OCH3 is 1. The molecule has 3 aromatic rings. The molecule has 0 bridgehead atoms. The average molecular weight is 405 g/mol. The Bertz CT molecular complexity index is 1030. The Kier molecular flexibility index (Phi) is 6.96. The third-order valence-electron chi connectivity index (χ3n) is 4.84. The lowest BCUT2D eigenvalue weighted by Gasteiger charge is -2.15. The monoisotopic (exact) mass is 405 g/mol. The molecule has 3 aromatic carbocycles. The molecule has 0 spiro atoms. The highest BCUT2D eigenvalue weighted by atomic mass is 16.5. The van der Waals surface area contributed by atoms with Gasteiger partial charge in [-0.25, -0.2) is 0 Å². The van der Waals surface area contributed by atoms with Gasteiger partial charge < -0.3 is 19.5 Å². The van der Waals surface area contributed by atoms with Gasteiger partial charge in [-0.2, -0.15) is 0 Å². The maximum atomic E-state index is 12.8. The zero-order valence-corrected chi connectivity index (χ0v) is 17.8. The van der Waals surface area contributed by atoms with Gasteiger partial charge in [-0.15, -0.1) is 0 Å². The molecule has 0 radical (unpaired) electrons. The van der Waals surface area contributed by atoms with Gasteiger partial charge in [-0.1, -0.05) is 18.2 Å². The van der Waals surface area contributed by atoms with Crippen LogP contribution in [0, 0.1) is 13.8 Å². The van der Waals surface area contributed by atoms with Crippen LogP contribution in [0.5, 0.6) is 17.2 Å². The number of para-hydroxylation sites is 2. The van der Waals surface area contributed by atoms with Gasteiger partial charge in [0.25, 0.3) is 5.91 Å². The molecular weight excluding hydrogens is 378 g/mol. The molecule has 0 atom stereocenters. The Labute approximate surface area is 177 Å². The van der Waals surface area contributed by atoms with E-state index < -0.39 is 0 Å². The van der Waals surface area contributed by atoms with Crippen molar-refractivity contribution in [1.82, 2.24) is 0 Å². The summed E-state index contributed by atoms with van der Waals surface area (Å²) in [6.07, 6.45) is 0. The number of hydrogen-bond acceptors (Lipinski definition) is 4. The molecule has 30 heavy (non-hydrogen) atoms. The van der Waals surface area contributed by atoms with Gasteiger partial charge in [0, 0.05) is 16.8 Å². The first-order valence-electron chi connectivity index (χ1n) is 9.92. The molecule has 0 unspecified atom stereocenters. The van der Waals surface area contributed by atoms with Crippen molar-refractivity contribution in [2.75, 3.05) is 19.0 Å². The normalized spacial score (nSPS) is 10.4. The summed E-state index contributed by atoms with van der Waals surface area (Å²) in [6, 6.07) is 18.7. The molecule has 0 saturated heterocycles. The number of anilines is 1. The van der Waals surface area contributed by atoms with Crippen LogP contribution < -0.4 is 19.5 Å². The van der Waals surface area contributed by atoms with Gasteiger partial charge in [0.2, 0.25) is 0 Å². The fraction of sp³-hybridized carbons (Fsp3) is 0.240. The first kappa shape index (κ1) is 21.2. The molecule has 0 aliphatic carbocycles. The molecule has 0 fully saturated rings. The standard InChI is InChI=1S/C25H27NO4/c1-5-29-22-13-11-19(25(27)26-21-12-10-17(2)18(3)14-21)15-20(22)16-30-24-9-7-6-8-23(24)28-4/h6-15H,5,16H2,1-4H3,(H,26,27). The summed E-state index contributed by atoms with van der Waals surface area (Å²) in [4.78, 5) is 12.8. The van der Waals surface area contributed by atoms with Crippen LogP contribution in [0.15, 0.2) is 60.7 Å². The molecule has 1 amide bonds. The highest BCUT2D eigenvalue weighted by Crippen LogP contribution is 2.29. The van der Waals surface area contributed by atoms with Gasteiger partial charge in [0.1, 0.15) is 12.4 Å². The van der Waals surface area contributed by atoms with Crippen LogP contribution in [0.4, 0.5) is 5.69 Å². The Balaban J connectivity index is 1.80. The number of benzene rings is 3. The van der Waals surface area contributed by atoms with Crippen molar-refractivity contribution in [3.05, 3.63) is 82.9 Å². The van der Waals surface area contributed by atoms with Crippen molar-refractivity contribution in [3.63, 3.8) is 0 Å². The van der Waals surface area contributed by atoms with Crippen molar-refractivity contribution in [2.24, 2.45) is 0 Å². The van der Waals surface area contributed by atoms with E-state index in [0.717, 1.165) is 16.8 Å². The molecule has 0 aromatic heterocycles. The van der Waals surface area contributed by atoms with Crippen molar-refractivity contribution in [1.29, 1.82) is 0 Å². The van der Waals surface area contributed by atoms with Crippen LogP contribution in [0.1, 0.15) is 34.0 Å². The first-order valence-corrected chi connectivity index (χ1v) is 9.92. The van der Waals surface area contributed by atoms with Gasteiger partial charge >= 0.3 is 0 Å². The molecular formula is C25H27NO4. The molecule has 5 nitrogen and oxygen atoms in total. The summed E-state index contributed by atoms with van der Waals surface area (Å²) >= 11 is 0. The van der Waals surface area contributed by atoms with E-state index in [1.165, 1.54) is 5.56 Å². The number of carbonyl (C=O) groups excluding carboxylic acids is 1. The van der Waals surface area contributed by atoms with Crippen LogP contribution in [0.2, 0.25) is 0 Å². The smallest absolute Gasteiger partial charge is 0.255 e. The van der Waals surface area contributed by atoms with Crippen molar-refractivity contribution in [3.8, 4) is 17.2 Å². The van der Waals surface area contributed by atoms with E-state index in [4.69, 9.17) is 14.2 Å². The number of carbonyl (C=O) groups is 1. The lowest BCUT2D eigenvalue weighted by molar-refractivity contribution is 0.102. The zero-order chi connectivity index (χ0) is 21.5.